The van der Waals surface area contributed by atoms with Gasteiger partial charge in [-0.05, 0) is 43.9 Å². The minimum atomic E-state index is -0.750. The quantitative estimate of drug-likeness (QED) is 0.795. The Morgan fingerprint density at radius 3 is 2.07 bits per heavy atom. The standard InChI is InChI=1S/C12H17ClO/c1-5-12(4,14)10-6-8(2)11(13)9(3)7-10/h6-7,14H,5H2,1-4H3. The average Bonchev–Trinajstić information content (AvgIpc) is 2.13. The summed E-state index contributed by atoms with van der Waals surface area (Å²) in [4.78, 5) is 0. The summed E-state index contributed by atoms with van der Waals surface area (Å²) >= 11 is 6.06. The Morgan fingerprint density at radius 1 is 1.29 bits per heavy atom. The summed E-state index contributed by atoms with van der Waals surface area (Å²) in [5.41, 5.74) is 2.24. The van der Waals surface area contributed by atoms with E-state index in [1.807, 2.05) is 39.8 Å². The van der Waals surface area contributed by atoms with Gasteiger partial charge in [-0.25, -0.2) is 0 Å². The summed E-state index contributed by atoms with van der Waals surface area (Å²) in [6, 6.07) is 3.91. The zero-order valence-corrected chi connectivity index (χ0v) is 9.94. The number of hydrogen-bond acceptors (Lipinski definition) is 1. The molecular formula is C12H17ClO. The fraction of sp³-hybridized carbons (Fsp3) is 0.500. The smallest absolute Gasteiger partial charge is 0.0866 e. The number of halogens is 1. The second kappa shape index (κ2) is 3.92. The predicted octanol–water partition coefficient (Wildman–Crippen LogP) is 3.57. The highest BCUT2D eigenvalue weighted by Gasteiger charge is 2.21. The number of hydrogen-bond donors (Lipinski definition) is 1. The van der Waals surface area contributed by atoms with E-state index < -0.39 is 5.60 Å². The first kappa shape index (κ1) is 11.5. The van der Waals surface area contributed by atoms with Crippen LogP contribution < -0.4 is 0 Å². The summed E-state index contributed by atoms with van der Waals surface area (Å²) in [6.07, 6.45) is 0.702. The largest absolute Gasteiger partial charge is 0.385 e. The highest BCUT2D eigenvalue weighted by atomic mass is 35.5. The highest BCUT2D eigenvalue weighted by Crippen LogP contribution is 2.29. The van der Waals surface area contributed by atoms with Crippen LogP contribution in [-0.4, -0.2) is 5.11 Å². The van der Waals surface area contributed by atoms with Crippen molar-refractivity contribution in [3.63, 3.8) is 0 Å². The summed E-state index contributed by atoms with van der Waals surface area (Å²) in [7, 11) is 0. The molecule has 1 N–H and O–H groups in total. The third-order valence-corrected chi connectivity index (χ3v) is 3.34. The topological polar surface area (TPSA) is 20.2 Å². The monoisotopic (exact) mass is 212 g/mol. The van der Waals surface area contributed by atoms with Crippen LogP contribution in [0.2, 0.25) is 5.02 Å². The van der Waals surface area contributed by atoms with Crippen LogP contribution in [0.5, 0.6) is 0 Å². The third kappa shape index (κ3) is 2.10. The maximum Gasteiger partial charge on any atom is 0.0866 e. The molecule has 0 aliphatic carbocycles. The Hall–Kier alpha value is -0.530. The van der Waals surface area contributed by atoms with E-state index in [1.54, 1.807) is 0 Å². The SMILES string of the molecule is CCC(C)(O)c1cc(C)c(Cl)c(C)c1. The molecule has 1 nitrogen and oxygen atoms in total. The first-order valence-electron chi connectivity index (χ1n) is 4.88. The fourth-order valence-electron chi connectivity index (χ4n) is 1.46. The van der Waals surface area contributed by atoms with Gasteiger partial charge in [0.15, 0.2) is 0 Å². The predicted molar refractivity (Wildman–Crippen MR) is 60.8 cm³/mol. The minimum Gasteiger partial charge on any atom is -0.385 e. The van der Waals surface area contributed by atoms with Gasteiger partial charge >= 0.3 is 0 Å². The summed E-state index contributed by atoms with van der Waals surface area (Å²) < 4.78 is 0. The molecule has 0 spiro atoms. The maximum atomic E-state index is 10.1. The van der Waals surface area contributed by atoms with E-state index >= 15 is 0 Å². The van der Waals surface area contributed by atoms with Crippen molar-refractivity contribution in [1.82, 2.24) is 0 Å². The molecule has 1 atom stereocenters. The maximum absolute atomic E-state index is 10.1. The van der Waals surface area contributed by atoms with Crippen LogP contribution in [0.4, 0.5) is 0 Å². The Balaban J connectivity index is 3.26. The molecule has 1 aromatic carbocycles. The van der Waals surface area contributed by atoms with E-state index in [2.05, 4.69) is 0 Å². The van der Waals surface area contributed by atoms with Gasteiger partial charge in [0.05, 0.1) is 5.60 Å². The second-order valence-corrected chi connectivity index (χ2v) is 4.43. The number of benzene rings is 1. The third-order valence-electron chi connectivity index (χ3n) is 2.75. The molecule has 1 aromatic rings. The molecule has 0 aliphatic rings. The zero-order valence-electron chi connectivity index (χ0n) is 9.19. The summed E-state index contributed by atoms with van der Waals surface area (Å²) in [5, 5.41) is 10.9. The molecular weight excluding hydrogens is 196 g/mol. The van der Waals surface area contributed by atoms with Crippen LogP contribution in [-0.2, 0) is 5.60 Å². The van der Waals surface area contributed by atoms with Crippen molar-refractivity contribution in [2.45, 2.75) is 39.7 Å². The van der Waals surface area contributed by atoms with Crippen LogP contribution in [0.1, 0.15) is 37.0 Å². The molecule has 0 bridgehead atoms. The molecule has 1 unspecified atom stereocenters. The lowest BCUT2D eigenvalue weighted by Gasteiger charge is -2.23. The lowest BCUT2D eigenvalue weighted by atomic mass is 9.91. The molecule has 1 rings (SSSR count). The van der Waals surface area contributed by atoms with Crippen LogP contribution in [0.25, 0.3) is 0 Å². The Bertz CT molecular complexity index is 319. The minimum absolute atomic E-state index is 0.702. The fourth-order valence-corrected chi connectivity index (χ4v) is 1.57. The van der Waals surface area contributed by atoms with Gasteiger partial charge in [0.2, 0.25) is 0 Å². The molecule has 2 heteroatoms. The zero-order chi connectivity index (χ0) is 10.9. The van der Waals surface area contributed by atoms with Crippen molar-refractivity contribution in [1.29, 1.82) is 0 Å². The van der Waals surface area contributed by atoms with Crippen molar-refractivity contribution < 1.29 is 5.11 Å². The van der Waals surface area contributed by atoms with E-state index in [9.17, 15) is 5.11 Å². The highest BCUT2D eigenvalue weighted by molar-refractivity contribution is 6.32. The molecule has 0 saturated heterocycles. The molecule has 0 amide bonds. The van der Waals surface area contributed by atoms with Gasteiger partial charge in [-0.2, -0.15) is 0 Å². The van der Waals surface area contributed by atoms with Crippen LogP contribution in [0, 0.1) is 13.8 Å². The van der Waals surface area contributed by atoms with E-state index in [-0.39, 0.29) is 0 Å². The molecule has 78 valence electrons. The van der Waals surface area contributed by atoms with Gasteiger partial charge in [-0.3, -0.25) is 0 Å². The Kier molecular flexibility index (Phi) is 3.23. The Labute approximate surface area is 90.7 Å². The molecule has 0 radical (unpaired) electrons. The Morgan fingerprint density at radius 2 is 1.71 bits per heavy atom. The van der Waals surface area contributed by atoms with Gasteiger partial charge in [0.1, 0.15) is 0 Å². The van der Waals surface area contributed by atoms with Crippen LogP contribution in [0.15, 0.2) is 12.1 Å². The first-order chi connectivity index (χ1) is 6.38. The van der Waals surface area contributed by atoms with Crippen molar-refractivity contribution in [3.05, 3.63) is 33.8 Å². The van der Waals surface area contributed by atoms with E-state index in [4.69, 9.17) is 11.6 Å². The van der Waals surface area contributed by atoms with E-state index in [0.717, 1.165) is 21.7 Å². The van der Waals surface area contributed by atoms with Crippen LogP contribution >= 0.6 is 11.6 Å². The molecule has 0 fully saturated rings. The number of aryl methyl sites for hydroxylation is 2. The van der Waals surface area contributed by atoms with Crippen molar-refractivity contribution in [3.8, 4) is 0 Å². The molecule has 14 heavy (non-hydrogen) atoms. The van der Waals surface area contributed by atoms with Crippen molar-refractivity contribution in [2.75, 3.05) is 0 Å². The number of aliphatic hydroxyl groups is 1. The second-order valence-electron chi connectivity index (χ2n) is 4.05. The van der Waals surface area contributed by atoms with Crippen molar-refractivity contribution in [2.24, 2.45) is 0 Å². The molecule has 0 aromatic heterocycles. The van der Waals surface area contributed by atoms with Gasteiger partial charge in [0.25, 0.3) is 0 Å². The van der Waals surface area contributed by atoms with Gasteiger partial charge in [0, 0.05) is 5.02 Å². The van der Waals surface area contributed by atoms with Crippen LogP contribution in [0.3, 0.4) is 0 Å². The molecule has 0 aliphatic heterocycles. The number of rotatable bonds is 2. The first-order valence-corrected chi connectivity index (χ1v) is 5.26. The van der Waals surface area contributed by atoms with Gasteiger partial charge in [-0.15, -0.1) is 0 Å². The molecule has 0 heterocycles. The molecule has 0 saturated carbocycles. The lowest BCUT2D eigenvalue weighted by Crippen LogP contribution is -2.19. The van der Waals surface area contributed by atoms with Gasteiger partial charge in [-0.1, -0.05) is 30.7 Å². The summed E-state index contributed by atoms with van der Waals surface area (Å²) in [6.45, 7) is 7.73. The van der Waals surface area contributed by atoms with E-state index in [0.29, 0.717) is 6.42 Å². The normalized spacial score (nSPS) is 15.3. The average molecular weight is 213 g/mol. The van der Waals surface area contributed by atoms with Gasteiger partial charge < -0.3 is 5.11 Å². The lowest BCUT2D eigenvalue weighted by molar-refractivity contribution is 0.0530. The van der Waals surface area contributed by atoms with Crippen molar-refractivity contribution >= 4 is 11.6 Å². The summed E-state index contributed by atoms with van der Waals surface area (Å²) in [5.74, 6) is 0. The van der Waals surface area contributed by atoms with E-state index in [1.165, 1.54) is 0 Å².